The SMILES string of the molecule is CC1CCCCN1CCCNC(=O)CC1Sc2ccc(Cl)cc2NC1=O. The lowest BCUT2D eigenvalue weighted by molar-refractivity contribution is -0.124. The van der Waals surface area contributed by atoms with E-state index in [2.05, 4.69) is 22.5 Å². The number of halogens is 1. The number of amides is 2. The van der Waals surface area contributed by atoms with Gasteiger partial charge in [0, 0.05) is 35.5 Å². The van der Waals surface area contributed by atoms with Crippen LogP contribution in [0, 0.1) is 0 Å². The molecule has 0 aliphatic carbocycles. The zero-order valence-corrected chi connectivity index (χ0v) is 16.7. The van der Waals surface area contributed by atoms with Gasteiger partial charge in [-0.1, -0.05) is 18.0 Å². The first-order valence-corrected chi connectivity index (χ1v) is 10.6. The van der Waals surface area contributed by atoms with Gasteiger partial charge in [0.15, 0.2) is 0 Å². The van der Waals surface area contributed by atoms with Crippen LogP contribution in [-0.4, -0.2) is 47.6 Å². The minimum atomic E-state index is -0.397. The van der Waals surface area contributed by atoms with Gasteiger partial charge in [0.05, 0.1) is 10.9 Å². The number of benzene rings is 1. The number of anilines is 1. The fourth-order valence-corrected chi connectivity index (χ4v) is 4.76. The summed E-state index contributed by atoms with van der Waals surface area (Å²) in [4.78, 5) is 27.9. The number of hydrogen-bond acceptors (Lipinski definition) is 4. The van der Waals surface area contributed by atoms with Crippen molar-refractivity contribution in [3.05, 3.63) is 23.2 Å². The Morgan fingerprint density at radius 3 is 3.08 bits per heavy atom. The summed E-state index contributed by atoms with van der Waals surface area (Å²) in [6, 6.07) is 6.06. The summed E-state index contributed by atoms with van der Waals surface area (Å²) in [5.74, 6) is -0.205. The fraction of sp³-hybridized carbons (Fsp3) is 0.579. The third-order valence-corrected chi connectivity index (χ3v) is 6.53. The van der Waals surface area contributed by atoms with Crippen LogP contribution in [0.2, 0.25) is 5.02 Å². The second-order valence-corrected chi connectivity index (χ2v) is 8.71. The van der Waals surface area contributed by atoms with Gasteiger partial charge in [-0.3, -0.25) is 9.59 Å². The number of thioether (sulfide) groups is 1. The number of likely N-dealkylation sites (tertiary alicyclic amines) is 1. The van der Waals surface area contributed by atoms with Crippen molar-refractivity contribution in [3.63, 3.8) is 0 Å². The molecule has 3 rings (SSSR count). The van der Waals surface area contributed by atoms with E-state index in [-0.39, 0.29) is 18.2 Å². The molecule has 0 saturated carbocycles. The molecule has 0 spiro atoms. The highest BCUT2D eigenvalue weighted by Crippen LogP contribution is 2.38. The first-order valence-electron chi connectivity index (χ1n) is 9.31. The number of nitrogens with zero attached hydrogens (tertiary/aromatic N) is 1. The van der Waals surface area contributed by atoms with Crippen molar-refractivity contribution in [2.24, 2.45) is 0 Å². The van der Waals surface area contributed by atoms with E-state index in [1.54, 1.807) is 12.1 Å². The predicted octanol–water partition coefficient (Wildman–Crippen LogP) is 3.52. The van der Waals surface area contributed by atoms with Crippen LogP contribution < -0.4 is 10.6 Å². The minimum absolute atomic E-state index is 0.0678. The molecule has 2 N–H and O–H groups in total. The molecular weight excluding hydrogens is 370 g/mol. The molecule has 142 valence electrons. The number of fused-ring (bicyclic) bond motifs is 1. The van der Waals surface area contributed by atoms with Gasteiger partial charge in [-0.2, -0.15) is 0 Å². The van der Waals surface area contributed by atoms with Crippen LogP contribution in [0.5, 0.6) is 0 Å². The van der Waals surface area contributed by atoms with Crippen molar-refractivity contribution >= 4 is 40.9 Å². The average molecular weight is 396 g/mol. The Hall–Kier alpha value is -1.24. The standard InChI is InChI=1S/C19H26ClN3O2S/c1-13-5-2-3-9-23(13)10-4-8-21-18(24)12-17-19(25)22-15-11-14(20)6-7-16(15)26-17/h6-7,11,13,17H,2-5,8-10,12H2,1H3,(H,21,24)(H,22,25). The Kier molecular flexibility index (Phi) is 6.84. The normalized spacial score (nSPS) is 23.2. The fourth-order valence-electron chi connectivity index (χ4n) is 3.50. The number of carbonyl (C=O) groups is 2. The number of rotatable bonds is 6. The van der Waals surface area contributed by atoms with Gasteiger partial charge >= 0.3 is 0 Å². The minimum Gasteiger partial charge on any atom is -0.356 e. The number of carbonyl (C=O) groups excluding carboxylic acids is 2. The van der Waals surface area contributed by atoms with E-state index in [9.17, 15) is 9.59 Å². The van der Waals surface area contributed by atoms with Crippen molar-refractivity contribution in [3.8, 4) is 0 Å². The lowest BCUT2D eigenvalue weighted by Gasteiger charge is -2.33. The van der Waals surface area contributed by atoms with Crippen LogP contribution in [0.15, 0.2) is 23.1 Å². The second kappa shape index (κ2) is 9.11. The van der Waals surface area contributed by atoms with Crippen LogP contribution in [-0.2, 0) is 9.59 Å². The molecule has 1 saturated heterocycles. The van der Waals surface area contributed by atoms with Gasteiger partial charge in [-0.25, -0.2) is 0 Å². The largest absolute Gasteiger partial charge is 0.356 e. The molecule has 1 aromatic carbocycles. The zero-order chi connectivity index (χ0) is 18.5. The smallest absolute Gasteiger partial charge is 0.238 e. The van der Waals surface area contributed by atoms with Crippen LogP contribution in [0.3, 0.4) is 0 Å². The van der Waals surface area contributed by atoms with Crippen molar-refractivity contribution < 1.29 is 9.59 Å². The first kappa shape index (κ1) is 19.5. The van der Waals surface area contributed by atoms with Gasteiger partial charge in [-0.05, 0) is 50.9 Å². The van der Waals surface area contributed by atoms with E-state index < -0.39 is 5.25 Å². The topological polar surface area (TPSA) is 61.4 Å². The quantitative estimate of drug-likeness (QED) is 0.723. The van der Waals surface area contributed by atoms with Gasteiger partial charge in [0.1, 0.15) is 0 Å². The second-order valence-electron chi connectivity index (χ2n) is 7.02. The maximum Gasteiger partial charge on any atom is 0.238 e. The van der Waals surface area contributed by atoms with E-state index in [1.165, 1.54) is 31.0 Å². The van der Waals surface area contributed by atoms with E-state index >= 15 is 0 Å². The Labute approximate surface area is 164 Å². The first-order chi connectivity index (χ1) is 12.5. The molecule has 0 radical (unpaired) electrons. The van der Waals surface area contributed by atoms with E-state index in [0.29, 0.717) is 17.6 Å². The monoisotopic (exact) mass is 395 g/mol. The van der Waals surface area contributed by atoms with Gasteiger partial charge in [0.25, 0.3) is 0 Å². The van der Waals surface area contributed by atoms with E-state index in [4.69, 9.17) is 11.6 Å². The lowest BCUT2D eigenvalue weighted by atomic mass is 10.0. The maximum absolute atomic E-state index is 12.2. The molecule has 7 heteroatoms. The Balaban J connectivity index is 1.40. The highest BCUT2D eigenvalue weighted by molar-refractivity contribution is 8.01. The maximum atomic E-state index is 12.2. The summed E-state index contributed by atoms with van der Waals surface area (Å²) < 4.78 is 0. The number of hydrogen-bond donors (Lipinski definition) is 2. The molecule has 2 aliphatic heterocycles. The van der Waals surface area contributed by atoms with Gasteiger partial charge < -0.3 is 15.5 Å². The number of piperidine rings is 1. The molecule has 1 aromatic rings. The Bertz CT molecular complexity index is 670. The van der Waals surface area contributed by atoms with Crippen molar-refractivity contribution in [2.75, 3.05) is 25.0 Å². The Morgan fingerprint density at radius 2 is 2.27 bits per heavy atom. The summed E-state index contributed by atoms with van der Waals surface area (Å²) >= 11 is 7.38. The molecular formula is C19H26ClN3O2S. The van der Waals surface area contributed by atoms with E-state index in [1.807, 2.05) is 6.07 Å². The molecule has 5 nitrogen and oxygen atoms in total. The zero-order valence-electron chi connectivity index (χ0n) is 15.1. The molecule has 1 fully saturated rings. The molecule has 2 amide bonds. The molecule has 0 aromatic heterocycles. The highest BCUT2D eigenvalue weighted by Gasteiger charge is 2.29. The third kappa shape index (κ3) is 5.15. The predicted molar refractivity (Wildman–Crippen MR) is 107 cm³/mol. The van der Waals surface area contributed by atoms with Crippen molar-refractivity contribution in [2.45, 2.75) is 55.2 Å². The molecule has 2 unspecified atom stereocenters. The lowest BCUT2D eigenvalue weighted by Crippen LogP contribution is -2.39. The molecule has 2 aliphatic rings. The van der Waals surface area contributed by atoms with Crippen LogP contribution in [0.25, 0.3) is 0 Å². The van der Waals surface area contributed by atoms with Crippen LogP contribution in [0.4, 0.5) is 5.69 Å². The molecule has 26 heavy (non-hydrogen) atoms. The van der Waals surface area contributed by atoms with Gasteiger partial charge in [0.2, 0.25) is 11.8 Å². The molecule has 0 bridgehead atoms. The summed E-state index contributed by atoms with van der Waals surface area (Å²) in [6.45, 7) is 5.13. The van der Waals surface area contributed by atoms with Gasteiger partial charge in [-0.15, -0.1) is 11.8 Å². The van der Waals surface area contributed by atoms with Crippen LogP contribution in [0.1, 0.15) is 39.0 Å². The summed E-state index contributed by atoms with van der Waals surface area (Å²) in [6.07, 6.45) is 5.01. The number of nitrogens with one attached hydrogen (secondary N) is 2. The molecule has 2 atom stereocenters. The molecule has 2 heterocycles. The summed E-state index contributed by atoms with van der Waals surface area (Å²) in [7, 11) is 0. The third-order valence-electron chi connectivity index (χ3n) is 5.02. The average Bonchev–Trinajstić information content (AvgIpc) is 2.61. The van der Waals surface area contributed by atoms with Crippen LogP contribution >= 0.6 is 23.4 Å². The highest BCUT2D eigenvalue weighted by atomic mass is 35.5. The summed E-state index contributed by atoms with van der Waals surface area (Å²) in [5, 5.41) is 5.99. The van der Waals surface area contributed by atoms with Crippen molar-refractivity contribution in [1.29, 1.82) is 0 Å². The van der Waals surface area contributed by atoms with E-state index in [0.717, 1.165) is 30.1 Å². The summed E-state index contributed by atoms with van der Waals surface area (Å²) in [5.41, 5.74) is 0.722. The Morgan fingerprint density at radius 1 is 1.42 bits per heavy atom. The van der Waals surface area contributed by atoms with Crippen molar-refractivity contribution in [1.82, 2.24) is 10.2 Å².